The molecule has 1 N–H and O–H groups in total. The third-order valence-electron chi connectivity index (χ3n) is 5.00. The van der Waals surface area contributed by atoms with Crippen LogP contribution in [0.15, 0.2) is 48.5 Å². The van der Waals surface area contributed by atoms with Crippen LogP contribution in [0, 0.1) is 11.8 Å². The van der Waals surface area contributed by atoms with Crippen molar-refractivity contribution in [3.63, 3.8) is 0 Å². The van der Waals surface area contributed by atoms with Crippen molar-refractivity contribution >= 4 is 5.97 Å². The zero-order valence-electron chi connectivity index (χ0n) is 15.3. The first kappa shape index (κ1) is 18.1. The van der Waals surface area contributed by atoms with E-state index < -0.39 is 11.4 Å². The number of ether oxygens (including phenoxy) is 1. The summed E-state index contributed by atoms with van der Waals surface area (Å²) in [6.07, 6.45) is 3.14. The Morgan fingerprint density at radius 3 is 2.54 bits per heavy atom. The zero-order valence-corrected chi connectivity index (χ0v) is 15.3. The first-order valence-electron chi connectivity index (χ1n) is 9.00. The van der Waals surface area contributed by atoms with Crippen LogP contribution < -0.4 is 4.74 Å². The van der Waals surface area contributed by atoms with Gasteiger partial charge in [-0.2, -0.15) is 0 Å². The Hall–Kier alpha value is -2.73. The average Bonchev–Trinajstić information content (AvgIpc) is 2.62. The molecule has 2 aromatic carbocycles. The number of carbonyl (C=O) groups is 1. The van der Waals surface area contributed by atoms with Crippen LogP contribution in [0.25, 0.3) is 0 Å². The van der Waals surface area contributed by atoms with E-state index >= 15 is 0 Å². The van der Waals surface area contributed by atoms with Crippen LogP contribution in [-0.2, 0) is 23.1 Å². The highest BCUT2D eigenvalue weighted by Gasteiger charge is 2.28. The van der Waals surface area contributed by atoms with Crippen LogP contribution in [0.3, 0.4) is 0 Å². The third-order valence-corrected chi connectivity index (χ3v) is 5.00. The molecule has 3 rings (SSSR count). The number of hydrogen-bond acceptors (Lipinski definition) is 2. The van der Waals surface area contributed by atoms with Gasteiger partial charge in [-0.1, -0.05) is 42.3 Å². The molecular formula is C23H24O3. The summed E-state index contributed by atoms with van der Waals surface area (Å²) in [4.78, 5) is 11.2. The minimum atomic E-state index is -0.851. The molecule has 0 bridgehead atoms. The maximum absolute atomic E-state index is 11.2. The van der Waals surface area contributed by atoms with E-state index in [1.54, 1.807) is 6.92 Å². The number of fused-ring (bicyclic) bond motifs is 1. The van der Waals surface area contributed by atoms with Gasteiger partial charge >= 0.3 is 5.97 Å². The second kappa shape index (κ2) is 7.66. The standard InChI is InChI=1S/C23H24O3/c1-3-14-23(2,16-22(24)25)19-9-12-20(13-10-19)26-21-11-8-17-6-4-5-7-18(17)15-21/h4-7,9-10,12-13,21H,8,11,15-16H2,1-2H3,(H,24,25). The zero-order chi connectivity index (χ0) is 18.6. The number of aryl methyl sites for hydroxylation is 1. The Morgan fingerprint density at radius 1 is 1.19 bits per heavy atom. The van der Waals surface area contributed by atoms with Gasteiger partial charge in [-0.05, 0) is 55.5 Å². The van der Waals surface area contributed by atoms with E-state index in [1.807, 2.05) is 31.2 Å². The molecule has 0 radical (unpaired) electrons. The molecule has 0 fully saturated rings. The fourth-order valence-electron chi connectivity index (χ4n) is 3.66. The molecule has 0 saturated heterocycles. The van der Waals surface area contributed by atoms with E-state index in [0.717, 1.165) is 30.6 Å². The van der Waals surface area contributed by atoms with Crippen molar-refractivity contribution in [3.8, 4) is 17.6 Å². The van der Waals surface area contributed by atoms with E-state index in [1.165, 1.54) is 11.1 Å². The number of benzene rings is 2. The van der Waals surface area contributed by atoms with E-state index in [0.29, 0.717) is 0 Å². The Labute approximate surface area is 155 Å². The van der Waals surface area contributed by atoms with Crippen LogP contribution >= 0.6 is 0 Å². The largest absolute Gasteiger partial charge is 0.490 e. The fourth-order valence-corrected chi connectivity index (χ4v) is 3.66. The first-order valence-corrected chi connectivity index (χ1v) is 9.00. The van der Waals surface area contributed by atoms with Crippen LogP contribution in [0.2, 0.25) is 0 Å². The van der Waals surface area contributed by atoms with Crippen molar-refractivity contribution in [3.05, 3.63) is 65.2 Å². The van der Waals surface area contributed by atoms with Gasteiger partial charge in [0.25, 0.3) is 0 Å². The predicted octanol–water partition coefficient (Wildman–Crippen LogP) is 4.38. The van der Waals surface area contributed by atoms with Crippen molar-refractivity contribution in [1.82, 2.24) is 0 Å². The molecule has 1 aliphatic rings. The van der Waals surface area contributed by atoms with Gasteiger partial charge in [0.1, 0.15) is 11.9 Å². The monoisotopic (exact) mass is 348 g/mol. The van der Waals surface area contributed by atoms with E-state index in [9.17, 15) is 9.90 Å². The van der Waals surface area contributed by atoms with Gasteiger partial charge < -0.3 is 9.84 Å². The van der Waals surface area contributed by atoms with Gasteiger partial charge in [-0.25, -0.2) is 0 Å². The molecule has 0 heterocycles. The molecule has 2 unspecified atom stereocenters. The maximum Gasteiger partial charge on any atom is 0.305 e. The quantitative estimate of drug-likeness (QED) is 0.816. The number of carboxylic acid groups (broad SMARTS) is 1. The molecule has 0 saturated carbocycles. The minimum Gasteiger partial charge on any atom is -0.490 e. The fraction of sp³-hybridized carbons (Fsp3) is 0.348. The van der Waals surface area contributed by atoms with Gasteiger partial charge in [-0.15, -0.1) is 5.92 Å². The molecule has 0 aromatic heterocycles. The molecule has 0 amide bonds. The predicted molar refractivity (Wildman–Crippen MR) is 102 cm³/mol. The summed E-state index contributed by atoms with van der Waals surface area (Å²) >= 11 is 0. The highest BCUT2D eigenvalue weighted by Crippen LogP contribution is 2.30. The summed E-state index contributed by atoms with van der Waals surface area (Å²) in [6.45, 7) is 3.60. The van der Waals surface area contributed by atoms with Crippen molar-refractivity contribution in [2.24, 2.45) is 0 Å². The summed E-state index contributed by atoms with van der Waals surface area (Å²) in [5.74, 6) is 5.87. The third kappa shape index (κ3) is 4.08. The summed E-state index contributed by atoms with van der Waals surface area (Å²) in [7, 11) is 0. The SMILES string of the molecule is CC#CC(C)(CC(=O)O)c1ccc(OC2CCc3ccccc3C2)cc1. The normalized spacial score (nSPS) is 18.0. The lowest BCUT2D eigenvalue weighted by atomic mass is 9.80. The number of hydrogen-bond donors (Lipinski definition) is 1. The van der Waals surface area contributed by atoms with Gasteiger partial charge in [0.05, 0.1) is 11.8 Å². The first-order chi connectivity index (χ1) is 12.5. The van der Waals surface area contributed by atoms with Gasteiger partial charge in [0.2, 0.25) is 0 Å². The molecule has 2 atom stereocenters. The van der Waals surface area contributed by atoms with Crippen LogP contribution in [-0.4, -0.2) is 17.2 Å². The highest BCUT2D eigenvalue weighted by molar-refractivity contribution is 5.70. The van der Waals surface area contributed by atoms with Crippen LogP contribution in [0.5, 0.6) is 5.75 Å². The molecule has 1 aliphatic carbocycles. The Balaban J connectivity index is 1.71. The lowest BCUT2D eigenvalue weighted by Gasteiger charge is -2.26. The number of rotatable bonds is 5. The summed E-state index contributed by atoms with van der Waals surface area (Å²) in [5, 5.41) is 9.20. The van der Waals surface area contributed by atoms with Gasteiger partial charge in [0, 0.05) is 6.42 Å². The van der Waals surface area contributed by atoms with E-state index in [-0.39, 0.29) is 12.5 Å². The molecule has 0 aliphatic heterocycles. The minimum absolute atomic E-state index is 0.0204. The van der Waals surface area contributed by atoms with Crippen molar-refractivity contribution in [1.29, 1.82) is 0 Å². The lowest BCUT2D eigenvalue weighted by Crippen LogP contribution is -2.25. The molecule has 2 aromatic rings. The molecule has 134 valence electrons. The topological polar surface area (TPSA) is 46.5 Å². The van der Waals surface area contributed by atoms with Crippen molar-refractivity contribution in [2.45, 2.75) is 51.0 Å². The number of carboxylic acids is 1. The van der Waals surface area contributed by atoms with E-state index in [2.05, 4.69) is 36.1 Å². The van der Waals surface area contributed by atoms with E-state index in [4.69, 9.17) is 4.74 Å². The summed E-state index contributed by atoms with van der Waals surface area (Å²) < 4.78 is 6.17. The molecule has 3 nitrogen and oxygen atoms in total. The molecule has 26 heavy (non-hydrogen) atoms. The Morgan fingerprint density at radius 2 is 1.88 bits per heavy atom. The smallest absolute Gasteiger partial charge is 0.305 e. The molecule has 0 spiro atoms. The lowest BCUT2D eigenvalue weighted by molar-refractivity contribution is -0.137. The second-order valence-corrected chi connectivity index (χ2v) is 7.05. The molecule has 3 heteroatoms. The second-order valence-electron chi connectivity index (χ2n) is 7.05. The van der Waals surface area contributed by atoms with Crippen molar-refractivity contribution in [2.75, 3.05) is 0 Å². The molecular weight excluding hydrogens is 324 g/mol. The summed E-state index contributed by atoms with van der Waals surface area (Å²) in [6, 6.07) is 16.2. The van der Waals surface area contributed by atoms with Crippen molar-refractivity contribution < 1.29 is 14.6 Å². The Kier molecular flexibility index (Phi) is 5.32. The maximum atomic E-state index is 11.2. The highest BCUT2D eigenvalue weighted by atomic mass is 16.5. The summed E-state index contributed by atoms with van der Waals surface area (Å²) in [5.41, 5.74) is 3.00. The van der Waals surface area contributed by atoms with Crippen LogP contribution in [0.1, 0.15) is 43.4 Å². The number of aliphatic carboxylic acids is 1. The van der Waals surface area contributed by atoms with Crippen LogP contribution in [0.4, 0.5) is 0 Å². The Bertz CT molecular complexity index is 842. The van der Waals surface area contributed by atoms with Gasteiger partial charge in [0.15, 0.2) is 0 Å². The average molecular weight is 348 g/mol. The van der Waals surface area contributed by atoms with Gasteiger partial charge in [-0.3, -0.25) is 4.79 Å².